The van der Waals surface area contributed by atoms with Crippen molar-refractivity contribution < 1.29 is 22.9 Å². The second kappa shape index (κ2) is 9.38. The normalized spacial score (nSPS) is 19.3. The first kappa shape index (κ1) is 23.0. The van der Waals surface area contributed by atoms with Crippen molar-refractivity contribution in [3.05, 3.63) is 41.4 Å². The van der Waals surface area contributed by atoms with Crippen molar-refractivity contribution in [2.75, 3.05) is 19.7 Å². The maximum absolute atomic E-state index is 14.3. The summed E-state index contributed by atoms with van der Waals surface area (Å²) in [5, 5.41) is 12.8. The summed E-state index contributed by atoms with van der Waals surface area (Å²) in [4.78, 5) is 18.4. The molecule has 1 amide bonds. The Bertz CT molecular complexity index is 1100. The maximum Gasteiger partial charge on any atom is 0.410 e. The molecule has 2 aliphatic heterocycles. The second-order valence-corrected chi connectivity index (χ2v) is 10.0. The Labute approximate surface area is 192 Å². The molecule has 0 spiro atoms. The first-order chi connectivity index (χ1) is 15.7. The minimum atomic E-state index is -1.34. The van der Waals surface area contributed by atoms with E-state index in [4.69, 9.17) is 9.47 Å². The highest BCUT2D eigenvalue weighted by Crippen LogP contribution is 2.27. The molecule has 0 bridgehead atoms. The average molecular weight is 477 g/mol. The Kier molecular flexibility index (Phi) is 6.54. The van der Waals surface area contributed by atoms with Crippen molar-refractivity contribution in [3.63, 3.8) is 0 Å². The highest BCUT2D eigenvalue weighted by Gasteiger charge is 2.32. The van der Waals surface area contributed by atoms with E-state index in [0.29, 0.717) is 42.4 Å². The Balaban J connectivity index is 1.32. The van der Waals surface area contributed by atoms with Crippen LogP contribution >= 0.6 is 0 Å². The molecule has 3 heterocycles. The molecule has 1 unspecified atom stereocenters. The van der Waals surface area contributed by atoms with Crippen LogP contribution in [0, 0.1) is 11.7 Å². The summed E-state index contributed by atoms with van der Waals surface area (Å²) in [5.41, 5.74) is 0.190. The molecular formula is C21H25FN6O4S. The van der Waals surface area contributed by atoms with E-state index in [1.54, 1.807) is 16.4 Å². The first-order valence-corrected chi connectivity index (χ1v) is 11.7. The van der Waals surface area contributed by atoms with E-state index < -0.39 is 22.2 Å². The minimum Gasteiger partial charge on any atom is -0.487 e. The lowest BCUT2D eigenvalue weighted by Crippen LogP contribution is -2.43. The predicted molar refractivity (Wildman–Crippen MR) is 119 cm³/mol. The van der Waals surface area contributed by atoms with Gasteiger partial charge in [0.05, 0.1) is 16.5 Å². The van der Waals surface area contributed by atoms with E-state index in [2.05, 4.69) is 20.5 Å². The number of tetrazole rings is 1. The summed E-state index contributed by atoms with van der Waals surface area (Å²) in [5.74, 6) is -0.207. The van der Waals surface area contributed by atoms with Crippen molar-refractivity contribution in [2.45, 2.75) is 39.2 Å². The molecule has 1 fully saturated rings. The number of amides is 1. The molecule has 0 radical (unpaired) electrons. The lowest BCUT2D eigenvalue weighted by atomic mass is 9.98. The molecule has 1 aromatic carbocycles. The number of hydrogen-bond donors (Lipinski definition) is 0. The van der Waals surface area contributed by atoms with Gasteiger partial charge in [0.1, 0.15) is 35.0 Å². The molecule has 4 rings (SSSR count). The number of hydrogen-bond acceptors (Lipinski definition) is 8. The molecule has 2 aromatic rings. The number of halogens is 1. The fourth-order valence-electron chi connectivity index (χ4n) is 3.55. The summed E-state index contributed by atoms with van der Waals surface area (Å²) >= 11 is 0. The zero-order valence-electron chi connectivity index (χ0n) is 18.6. The van der Waals surface area contributed by atoms with Gasteiger partial charge in [0, 0.05) is 30.5 Å². The van der Waals surface area contributed by atoms with Gasteiger partial charge in [-0.05, 0) is 56.2 Å². The monoisotopic (exact) mass is 476 g/mol. The van der Waals surface area contributed by atoms with E-state index >= 15 is 0 Å². The molecule has 10 nitrogen and oxygen atoms in total. The van der Waals surface area contributed by atoms with Gasteiger partial charge < -0.3 is 14.4 Å². The van der Waals surface area contributed by atoms with Gasteiger partial charge in [-0.3, -0.25) is 0 Å². The van der Waals surface area contributed by atoms with Gasteiger partial charge in [0.25, 0.3) is 0 Å². The number of likely N-dealkylation sites (tertiary alicyclic amines) is 1. The van der Waals surface area contributed by atoms with Crippen LogP contribution in [-0.4, -0.2) is 65.8 Å². The fraction of sp³-hybridized carbons (Fsp3) is 0.476. The summed E-state index contributed by atoms with van der Waals surface area (Å²) in [6.45, 7) is 6.61. The second-order valence-electron chi connectivity index (χ2n) is 8.75. The molecule has 33 heavy (non-hydrogen) atoms. The van der Waals surface area contributed by atoms with Crippen molar-refractivity contribution in [3.8, 4) is 11.4 Å². The third kappa shape index (κ3) is 5.62. The third-order valence-electron chi connectivity index (χ3n) is 5.10. The molecule has 12 heteroatoms. The molecule has 1 aromatic heterocycles. The molecule has 0 aliphatic carbocycles. The molecule has 2 aliphatic rings. The fourth-order valence-corrected chi connectivity index (χ4v) is 4.81. The van der Waals surface area contributed by atoms with Gasteiger partial charge in [-0.25, -0.2) is 18.4 Å². The highest BCUT2D eigenvalue weighted by atomic mass is 32.2. The Morgan fingerprint density at radius 2 is 2.03 bits per heavy atom. The molecular weight excluding hydrogens is 451 g/mol. The summed E-state index contributed by atoms with van der Waals surface area (Å²) in [7, 11) is -1.34. The van der Waals surface area contributed by atoms with Crippen LogP contribution in [0.4, 0.5) is 9.18 Å². The SMILES string of the molecule is CC(C)(C)OC(=O)N1CCC(C2=NC(COc3ccc(-n4cnnn4)c(F)c3)=CS2=O)CC1. The summed E-state index contributed by atoms with van der Waals surface area (Å²) in [6.07, 6.45) is 2.29. The quantitative estimate of drug-likeness (QED) is 0.652. The van der Waals surface area contributed by atoms with Crippen molar-refractivity contribution in [1.82, 2.24) is 25.1 Å². The number of benzene rings is 1. The Morgan fingerprint density at radius 1 is 1.27 bits per heavy atom. The van der Waals surface area contributed by atoms with Crippen molar-refractivity contribution in [2.24, 2.45) is 10.9 Å². The van der Waals surface area contributed by atoms with Gasteiger partial charge in [-0.2, -0.15) is 4.68 Å². The minimum absolute atomic E-state index is 0.0197. The molecule has 0 N–H and O–H groups in total. The van der Waals surface area contributed by atoms with Crippen LogP contribution < -0.4 is 4.74 Å². The van der Waals surface area contributed by atoms with Crippen LogP contribution in [0.2, 0.25) is 0 Å². The van der Waals surface area contributed by atoms with Crippen LogP contribution in [0.1, 0.15) is 33.6 Å². The maximum atomic E-state index is 14.3. The Morgan fingerprint density at radius 3 is 2.67 bits per heavy atom. The van der Waals surface area contributed by atoms with E-state index in [9.17, 15) is 13.4 Å². The Hall–Kier alpha value is -3.15. The summed E-state index contributed by atoms with van der Waals surface area (Å²) < 4.78 is 39.2. The number of nitrogens with zero attached hydrogens (tertiary/aromatic N) is 6. The number of aliphatic imine (C=N–C) groups is 1. The number of carbonyl (C=O) groups is 1. The van der Waals surface area contributed by atoms with Crippen molar-refractivity contribution >= 4 is 21.9 Å². The van der Waals surface area contributed by atoms with Gasteiger partial charge in [0.2, 0.25) is 0 Å². The van der Waals surface area contributed by atoms with Gasteiger partial charge in [0.15, 0.2) is 5.82 Å². The van der Waals surface area contributed by atoms with E-state index in [1.807, 2.05) is 20.8 Å². The smallest absolute Gasteiger partial charge is 0.410 e. The predicted octanol–water partition coefficient (Wildman–Crippen LogP) is 2.83. The lowest BCUT2D eigenvalue weighted by molar-refractivity contribution is 0.0202. The molecule has 0 saturated carbocycles. The van der Waals surface area contributed by atoms with Crippen LogP contribution in [-0.2, 0) is 15.5 Å². The standard InChI is InChI=1S/C21H25FN6O4S/c1-21(2,3)32-20(29)27-8-6-14(7-9-27)19-24-15(12-33(19)30)11-31-16-4-5-18(17(22)10-16)28-13-23-25-26-28/h4-5,10,12-14H,6-9,11H2,1-3H3. The van der Waals surface area contributed by atoms with Crippen LogP contribution in [0.5, 0.6) is 5.75 Å². The van der Waals surface area contributed by atoms with Crippen molar-refractivity contribution in [1.29, 1.82) is 0 Å². The number of aromatic nitrogens is 4. The number of piperidine rings is 1. The molecule has 1 saturated heterocycles. The zero-order chi connectivity index (χ0) is 23.6. The van der Waals surface area contributed by atoms with E-state index in [-0.39, 0.29) is 24.3 Å². The van der Waals surface area contributed by atoms with Gasteiger partial charge >= 0.3 is 6.09 Å². The van der Waals surface area contributed by atoms with Crippen LogP contribution in [0.25, 0.3) is 5.69 Å². The number of rotatable bonds is 5. The third-order valence-corrected chi connectivity index (χ3v) is 6.42. The van der Waals surface area contributed by atoms with Gasteiger partial charge in [-0.15, -0.1) is 5.10 Å². The topological polar surface area (TPSA) is 112 Å². The zero-order valence-corrected chi connectivity index (χ0v) is 19.4. The van der Waals surface area contributed by atoms with E-state index in [0.717, 1.165) is 0 Å². The lowest BCUT2D eigenvalue weighted by Gasteiger charge is -2.33. The largest absolute Gasteiger partial charge is 0.487 e. The molecule has 176 valence electrons. The van der Waals surface area contributed by atoms with Crippen LogP contribution in [0.15, 0.2) is 40.6 Å². The van der Waals surface area contributed by atoms with Gasteiger partial charge in [-0.1, -0.05) is 0 Å². The van der Waals surface area contributed by atoms with E-state index in [1.165, 1.54) is 23.1 Å². The average Bonchev–Trinajstić information content (AvgIpc) is 3.41. The number of ether oxygens (including phenoxy) is 2. The summed E-state index contributed by atoms with van der Waals surface area (Å²) in [6, 6.07) is 4.35. The first-order valence-electron chi connectivity index (χ1n) is 10.5. The molecule has 1 atom stereocenters. The highest BCUT2D eigenvalue weighted by molar-refractivity contribution is 8.03. The number of carbonyl (C=O) groups excluding carboxylic acids is 1. The van der Waals surface area contributed by atoms with Crippen LogP contribution in [0.3, 0.4) is 0 Å².